The van der Waals surface area contributed by atoms with Crippen LogP contribution in [-0.4, -0.2) is 10.1 Å². The number of carbonyl (C=O) groups excluding carboxylic acids is 1. The van der Waals surface area contributed by atoms with E-state index in [0.29, 0.717) is 17.6 Å². The average molecular weight is 414 g/mol. The maximum Gasteiger partial charge on any atom is 0.156 e. The van der Waals surface area contributed by atoms with Crippen LogP contribution in [0.3, 0.4) is 0 Å². The SMILES string of the molecule is CC(C)[C@@]1(Br)CC[C@@H](C)C(/C=C/c2ccc(Br)cc2)C1=O. The first-order chi connectivity index (χ1) is 9.84. The van der Waals surface area contributed by atoms with E-state index < -0.39 is 0 Å². The fourth-order valence-electron chi connectivity index (χ4n) is 2.91. The predicted molar refractivity (Wildman–Crippen MR) is 96.6 cm³/mol. The van der Waals surface area contributed by atoms with E-state index in [-0.39, 0.29) is 10.2 Å². The van der Waals surface area contributed by atoms with Crippen LogP contribution in [0, 0.1) is 17.8 Å². The normalized spacial score (nSPS) is 30.3. The second-order valence-corrected chi connectivity index (χ2v) is 8.66. The molecule has 0 bridgehead atoms. The molecule has 1 aliphatic carbocycles. The molecule has 21 heavy (non-hydrogen) atoms. The third-order valence-electron chi connectivity index (χ3n) is 4.57. The van der Waals surface area contributed by atoms with Gasteiger partial charge in [0.15, 0.2) is 5.78 Å². The number of halogens is 2. The molecule has 0 heterocycles. The maximum atomic E-state index is 12.9. The van der Waals surface area contributed by atoms with E-state index >= 15 is 0 Å². The molecule has 1 aliphatic rings. The van der Waals surface area contributed by atoms with E-state index in [1.807, 2.05) is 12.1 Å². The van der Waals surface area contributed by atoms with Gasteiger partial charge in [0.25, 0.3) is 0 Å². The number of allylic oxidation sites excluding steroid dienone is 1. The van der Waals surface area contributed by atoms with E-state index in [9.17, 15) is 4.79 Å². The largest absolute Gasteiger partial charge is 0.297 e. The van der Waals surface area contributed by atoms with E-state index in [2.05, 4.69) is 76.9 Å². The highest BCUT2D eigenvalue weighted by molar-refractivity contribution is 9.10. The van der Waals surface area contributed by atoms with Crippen LogP contribution < -0.4 is 0 Å². The lowest BCUT2D eigenvalue weighted by Gasteiger charge is -2.40. The van der Waals surface area contributed by atoms with Gasteiger partial charge in [0, 0.05) is 10.4 Å². The molecule has 3 heteroatoms. The molecule has 0 aromatic heterocycles. The lowest BCUT2D eigenvalue weighted by atomic mass is 9.70. The van der Waals surface area contributed by atoms with Gasteiger partial charge >= 0.3 is 0 Å². The summed E-state index contributed by atoms with van der Waals surface area (Å²) in [6.45, 7) is 6.43. The highest BCUT2D eigenvalue weighted by Gasteiger charge is 2.46. The highest BCUT2D eigenvalue weighted by atomic mass is 79.9. The van der Waals surface area contributed by atoms with Crippen LogP contribution in [0.1, 0.15) is 39.2 Å². The molecule has 3 atom stereocenters. The summed E-state index contributed by atoms with van der Waals surface area (Å²) in [5, 5.41) is 0. The van der Waals surface area contributed by atoms with Gasteiger partial charge in [0.1, 0.15) is 0 Å². The van der Waals surface area contributed by atoms with Crippen LogP contribution in [0.5, 0.6) is 0 Å². The minimum atomic E-state index is -0.353. The molecule has 114 valence electrons. The van der Waals surface area contributed by atoms with Crippen molar-refractivity contribution < 1.29 is 4.79 Å². The minimum Gasteiger partial charge on any atom is -0.297 e. The van der Waals surface area contributed by atoms with Crippen LogP contribution in [0.25, 0.3) is 6.08 Å². The second kappa shape index (κ2) is 6.78. The van der Waals surface area contributed by atoms with Gasteiger partial charge in [-0.3, -0.25) is 4.79 Å². The zero-order valence-corrected chi connectivity index (χ0v) is 15.9. The molecule has 1 fully saturated rings. The van der Waals surface area contributed by atoms with Crippen molar-refractivity contribution in [3.05, 3.63) is 40.4 Å². The van der Waals surface area contributed by atoms with E-state index in [1.54, 1.807) is 0 Å². The Morgan fingerprint density at radius 1 is 1.29 bits per heavy atom. The Morgan fingerprint density at radius 2 is 1.90 bits per heavy atom. The molecular formula is C18H22Br2O. The van der Waals surface area contributed by atoms with Gasteiger partial charge in [0.05, 0.1) is 4.32 Å². The van der Waals surface area contributed by atoms with Gasteiger partial charge in [-0.2, -0.15) is 0 Å². The summed E-state index contributed by atoms with van der Waals surface area (Å²) in [6, 6.07) is 8.16. The molecule has 1 aromatic carbocycles. The molecule has 0 amide bonds. The smallest absolute Gasteiger partial charge is 0.156 e. The number of alkyl halides is 1. The number of ketones is 1. The van der Waals surface area contributed by atoms with Gasteiger partial charge in [-0.25, -0.2) is 0 Å². The first-order valence-electron chi connectivity index (χ1n) is 7.51. The van der Waals surface area contributed by atoms with Crippen molar-refractivity contribution in [2.75, 3.05) is 0 Å². The Morgan fingerprint density at radius 3 is 2.48 bits per heavy atom. The highest BCUT2D eigenvalue weighted by Crippen LogP contribution is 2.44. The molecule has 0 aliphatic heterocycles. The summed E-state index contributed by atoms with van der Waals surface area (Å²) in [7, 11) is 0. The van der Waals surface area contributed by atoms with Crippen molar-refractivity contribution in [1.29, 1.82) is 0 Å². The predicted octanol–water partition coefficient (Wildman–Crippen LogP) is 5.87. The molecule has 1 saturated carbocycles. The molecule has 0 N–H and O–H groups in total. The molecule has 1 unspecified atom stereocenters. The summed E-state index contributed by atoms with van der Waals surface area (Å²) in [4.78, 5) is 12.9. The van der Waals surface area contributed by atoms with Gasteiger partial charge in [-0.15, -0.1) is 0 Å². The zero-order valence-electron chi connectivity index (χ0n) is 12.8. The van der Waals surface area contributed by atoms with Crippen LogP contribution in [-0.2, 0) is 4.79 Å². The topological polar surface area (TPSA) is 17.1 Å². The van der Waals surface area contributed by atoms with Crippen LogP contribution in [0.4, 0.5) is 0 Å². The van der Waals surface area contributed by atoms with Gasteiger partial charge in [0.2, 0.25) is 0 Å². The molecule has 1 aromatic rings. The van der Waals surface area contributed by atoms with Crippen molar-refractivity contribution in [3.63, 3.8) is 0 Å². The summed E-state index contributed by atoms with van der Waals surface area (Å²) in [5.41, 5.74) is 1.13. The molecular weight excluding hydrogens is 392 g/mol. The third-order valence-corrected chi connectivity index (χ3v) is 6.80. The number of benzene rings is 1. The van der Waals surface area contributed by atoms with E-state index in [0.717, 1.165) is 22.9 Å². The van der Waals surface area contributed by atoms with Crippen molar-refractivity contribution in [3.8, 4) is 0 Å². The fraction of sp³-hybridized carbons (Fsp3) is 0.500. The quantitative estimate of drug-likeness (QED) is 0.566. The Balaban J connectivity index is 2.20. The van der Waals surface area contributed by atoms with Crippen LogP contribution >= 0.6 is 31.9 Å². The summed E-state index contributed by atoms with van der Waals surface area (Å²) in [5.74, 6) is 1.07. The first kappa shape index (κ1) is 17.0. The summed E-state index contributed by atoms with van der Waals surface area (Å²) in [6.07, 6.45) is 6.19. The monoisotopic (exact) mass is 412 g/mol. The molecule has 0 saturated heterocycles. The van der Waals surface area contributed by atoms with Gasteiger partial charge < -0.3 is 0 Å². The summed E-state index contributed by atoms with van der Waals surface area (Å²) >= 11 is 7.18. The maximum absolute atomic E-state index is 12.9. The fourth-order valence-corrected chi connectivity index (χ4v) is 3.67. The molecule has 2 rings (SSSR count). The Hall–Kier alpha value is -0.410. The Bertz CT molecular complexity index is 533. The van der Waals surface area contributed by atoms with Gasteiger partial charge in [-0.1, -0.05) is 76.9 Å². The van der Waals surface area contributed by atoms with Crippen molar-refractivity contribution in [2.45, 2.75) is 37.9 Å². The minimum absolute atomic E-state index is 0.00386. The van der Waals surface area contributed by atoms with Crippen molar-refractivity contribution in [1.82, 2.24) is 0 Å². The Kier molecular flexibility index (Phi) is 5.48. The summed E-state index contributed by atoms with van der Waals surface area (Å²) < 4.78 is 0.717. The van der Waals surface area contributed by atoms with E-state index in [1.165, 1.54) is 0 Å². The first-order valence-corrected chi connectivity index (χ1v) is 9.10. The number of rotatable bonds is 3. The third kappa shape index (κ3) is 3.68. The van der Waals surface area contributed by atoms with Crippen LogP contribution in [0.2, 0.25) is 0 Å². The number of carbonyl (C=O) groups is 1. The molecule has 0 radical (unpaired) electrons. The van der Waals surface area contributed by atoms with Crippen molar-refractivity contribution >= 4 is 43.7 Å². The van der Waals surface area contributed by atoms with Crippen molar-refractivity contribution in [2.24, 2.45) is 17.8 Å². The number of hydrogen-bond acceptors (Lipinski definition) is 1. The standard InChI is InChI=1S/C18H22Br2O/c1-12(2)18(20)11-10-13(3)16(17(18)21)9-6-14-4-7-15(19)8-5-14/h4-9,12-13,16H,10-11H2,1-3H3/b9-6+/t13-,16?,18+/m1/s1. The Labute approximate surface area is 144 Å². The van der Waals surface area contributed by atoms with E-state index in [4.69, 9.17) is 0 Å². The number of Topliss-reactive ketones (excluding diaryl/α,β-unsaturated/α-hetero) is 1. The van der Waals surface area contributed by atoms with Crippen LogP contribution in [0.15, 0.2) is 34.8 Å². The van der Waals surface area contributed by atoms with Gasteiger partial charge in [-0.05, 0) is 42.4 Å². The average Bonchev–Trinajstić information content (AvgIpc) is 2.45. The second-order valence-electron chi connectivity index (χ2n) is 6.33. The molecule has 0 spiro atoms. The zero-order chi connectivity index (χ0) is 15.6. The lowest BCUT2D eigenvalue weighted by molar-refractivity contribution is -0.128. The molecule has 1 nitrogen and oxygen atoms in total. The lowest BCUT2D eigenvalue weighted by Crippen LogP contribution is -2.47. The number of hydrogen-bond donors (Lipinski definition) is 0.